The zero-order chi connectivity index (χ0) is 30.5. The molecule has 0 saturated carbocycles. The fourth-order valence-corrected chi connectivity index (χ4v) is 49.5. The predicted octanol–water partition coefficient (Wildman–Crippen LogP) is 11.8. The molecule has 0 atom stereocenters. The van der Waals surface area contributed by atoms with Gasteiger partial charge in [0.15, 0.2) is 33.1 Å². The first-order chi connectivity index (χ1) is 15.5. The van der Waals surface area contributed by atoms with Crippen molar-refractivity contribution in [3.8, 4) is 0 Å². The second-order valence-electron chi connectivity index (χ2n) is 18.7. The summed E-state index contributed by atoms with van der Waals surface area (Å²) in [6.07, 6.45) is 0. The molecule has 37 heavy (non-hydrogen) atoms. The van der Waals surface area contributed by atoms with Crippen molar-refractivity contribution in [3.63, 3.8) is 0 Å². The molecule has 0 N–H and O–H groups in total. The van der Waals surface area contributed by atoms with E-state index in [1.807, 2.05) is 0 Å². The summed E-state index contributed by atoms with van der Waals surface area (Å²) in [5.41, 5.74) is 0. The Bertz CT molecular complexity index is 789. The van der Waals surface area contributed by atoms with Gasteiger partial charge < -0.3 is 12.9 Å². The Morgan fingerprint density at radius 3 is 0.757 bits per heavy atom. The van der Waals surface area contributed by atoms with Gasteiger partial charge in [-0.25, -0.2) is 0 Å². The van der Waals surface area contributed by atoms with Crippen LogP contribution in [0.25, 0.3) is 0 Å². The molecule has 0 amide bonds. The molecule has 0 radical (unpaired) electrons. The van der Waals surface area contributed by atoms with Crippen LogP contribution in [0.5, 0.6) is 0 Å². The Morgan fingerprint density at radius 2 is 0.622 bits per heavy atom. The molecule has 0 saturated heterocycles. The second kappa shape index (κ2) is 11.2. The fourth-order valence-electron chi connectivity index (χ4n) is 6.57. The van der Waals surface area contributed by atoms with E-state index >= 15 is 0 Å². The van der Waals surface area contributed by atoms with Crippen molar-refractivity contribution in [3.05, 3.63) is 0 Å². The predicted molar refractivity (Wildman–Crippen MR) is 190 cm³/mol. The zero-order valence-electron chi connectivity index (χ0n) is 29.6. The van der Waals surface area contributed by atoms with E-state index in [-0.39, 0.29) is 20.6 Å². The topological polar surface area (TPSA) is 34.0 Å². The van der Waals surface area contributed by atoms with Crippen molar-refractivity contribution in [1.29, 1.82) is 0 Å². The van der Waals surface area contributed by atoms with Crippen LogP contribution in [0.1, 0.15) is 83.1 Å². The minimum Gasteiger partial charge on any atom is -0.455 e. The number of rotatable bonds is 8. The lowest BCUT2D eigenvalue weighted by Gasteiger charge is -2.54. The zero-order valence-corrected chi connectivity index (χ0v) is 35.4. The third kappa shape index (κ3) is 10.3. The Labute approximate surface area is 240 Å². The first-order valence-corrected chi connectivity index (χ1v) is 31.5. The van der Waals surface area contributed by atoms with Crippen molar-refractivity contribution in [1.82, 2.24) is 0 Å². The SMILES string of the molecule is CC(C)(C)P(C[Si](C)(C)O[Si](C)(C)CP(=N[Si](C)(C)C)(C(C)(C)C)C(C)(C)C)(=N[Si](C)(C)C)C(C)(C)C. The smallest absolute Gasteiger partial charge is 0.179 e. The monoisotopic (exact) mass is 624 g/mol. The molecule has 224 valence electrons. The summed E-state index contributed by atoms with van der Waals surface area (Å²) < 4.78 is 19.4. The van der Waals surface area contributed by atoms with Crippen molar-refractivity contribution in [2.45, 2.75) is 169 Å². The third-order valence-corrected chi connectivity index (χ3v) is 37.7. The average molecular weight is 625 g/mol. The van der Waals surface area contributed by atoms with Crippen molar-refractivity contribution < 1.29 is 4.12 Å². The normalized spacial score (nSPS) is 16.2. The van der Waals surface area contributed by atoms with Crippen LogP contribution in [0.3, 0.4) is 0 Å². The summed E-state index contributed by atoms with van der Waals surface area (Å²) >= 11 is 0. The van der Waals surface area contributed by atoms with E-state index in [0.717, 1.165) is 0 Å². The molecular formula is C28H70N2OP2Si4. The summed E-state index contributed by atoms with van der Waals surface area (Å²) in [5.74, 6) is 2.38. The van der Waals surface area contributed by atoms with Crippen LogP contribution in [0.15, 0.2) is 8.82 Å². The van der Waals surface area contributed by atoms with Gasteiger partial charge in [0, 0.05) is 11.6 Å². The Morgan fingerprint density at radius 1 is 0.432 bits per heavy atom. The van der Waals surface area contributed by atoms with Crippen LogP contribution in [-0.2, 0) is 4.12 Å². The lowest BCUT2D eigenvalue weighted by Crippen LogP contribution is -2.53. The minimum absolute atomic E-state index is 0.172. The minimum atomic E-state index is -2.04. The molecule has 3 nitrogen and oxygen atoms in total. The lowest BCUT2D eigenvalue weighted by molar-refractivity contribution is 0.551. The maximum absolute atomic E-state index is 7.59. The van der Waals surface area contributed by atoms with Crippen LogP contribution in [0.2, 0.25) is 65.5 Å². The van der Waals surface area contributed by atoms with Gasteiger partial charge in [0.05, 0.1) is 0 Å². The molecule has 0 aromatic rings. The van der Waals surface area contributed by atoms with E-state index in [9.17, 15) is 0 Å². The number of nitrogens with zero attached hydrogens (tertiary/aromatic N) is 2. The summed E-state index contributed by atoms with van der Waals surface area (Å²) in [6.45, 7) is 54.2. The second-order valence-corrected chi connectivity index (χ2v) is 47.8. The van der Waals surface area contributed by atoms with Gasteiger partial charge in [0.2, 0.25) is 0 Å². The molecule has 0 aromatic carbocycles. The van der Waals surface area contributed by atoms with Gasteiger partial charge in [-0.05, 0) is 60.9 Å². The maximum atomic E-state index is 7.59. The average Bonchev–Trinajstić information content (AvgIpc) is 2.44. The van der Waals surface area contributed by atoms with Gasteiger partial charge in [-0.1, -0.05) is 122 Å². The molecule has 0 unspecified atom stereocenters. The Kier molecular flexibility index (Phi) is 11.6. The number of hydrogen-bond donors (Lipinski definition) is 0. The van der Waals surface area contributed by atoms with Gasteiger partial charge in [-0.3, -0.25) is 0 Å². The van der Waals surface area contributed by atoms with Crippen LogP contribution >= 0.6 is 14.1 Å². The largest absolute Gasteiger partial charge is 0.455 e. The molecule has 0 aliphatic carbocycles. The van der Waals surface area contributed by atoms with Gasteiger partial charge >= 0.3 is 0 Å². The number of hydrogen-bond acceptors (Lipinski definition) is 3. The molecule has 0 aromatic heterocycles. The van der Waals surface area contributed by atoms with Gasteiger partial charge in [0.1, 0.15) is 0 Å². The third-order valence-electron chi connectivity index (χ3n) is 7.15. The molecule has 9 heteroatoms. The van der Waals surface area contributed by atoms with Crippen molar-refractivity contribution in [2.75, 3.05) is 11.6 Å². The van der Waals surface area contributed by atoms with Gasteiger partial charge in [0.25, 0.3) is 0 Å². The van der Waals surface area contributed by atoms with Crippen molar-refractivity contribution >= 4 is 47.2 Å². The van der Waals surface area contributed by atoms with E-state index in [0.29, 0.717) is 0 Å². The molecule has 0 aliphatic heterocycles. The van der Waals surface area contributed by atoms with E-state index in [4.69, 9.17) is 12.9 Å². The molecule has 0 spiro atoms. The fraction of sp³-hybridized carbons (Fsp3) is 1.00. The highest BCUT2D eigenvalue weighted by Crippen LogP contribution is 2.72. The first kappa shape index (κ1) is 38.3. The van der Waals surface area contributed by atoms with Crippen molar-refractivity contribution in [2.24, 2.45) is 8.82 Å². The van der Waals surface area contributed by atoms with Crippen LogP contribution in [-0.4, -0.2) is 65.3 Å². The highest BCUT2D eigenvalue weighted by molar-refractivity contribution is 7.73. The summed E-state index contributed by atoms with van der Waals surface area (Å²) in [7, 11) is -10.8. The highest BCUT2D eigenvalue weighted by Gasteiger charge is 2.52. The summed E-state index contributed by atoms with van der Waals surface area (Å²) in [5, 5.41) is 0.689. The van der Waals surface area contributed by atoms with Crippen LogP contribution < -0.4 is 0 Å². The van der Waals surface area contributed by atoms with E-state index < -0.39 is 47.2 Å². The molecule has 0 bridgehead atoms. The molecule has 0 fully saturated rings. The summed E-state index contributed by atoms with van der Waals surface area (Å²) in [6, 6.07) is 0. The molecule has 0 rings (SSSR count). The Balaban J connectivity index is 7.00. The quantitative estimate of drug-likeness (QED) is 0.195. The maximum Gasteiger partial charge on any atom is 0.179 e. The molecule has 0 aliphatic rings. The summed E-state index contributed by atoms with van der Waals surface area (Å²) in [4.78, 5) is 0. The molecule has 0 heterocycles. The first-order valence-electron chi connectivity index (χ1n) is 14.5. The highest BCUT2D eigenvalue weighted by atomic mass is 31.2. The van der Waals surface area contributed by atoms with Gasteiger partial charge in [-0.15, -0.1) is 0 Å². The van der Waals surface area contributed by atoms with E-state index in [1.54, 1.807) is 0 Å². The Hall–Kier alpha value is 1.29. The molecular weight excluding hydrogens is 555 g/mol. The van der Waals surface area contributed by atoms with E-state index in [2.05, 4.69) is 149 Å². The van der Waals surface area contributed by atoms with Gasteiger partial charge in [-0.2, -0.15) is 0 Å². The van der Waals surface area contributed by atoms with Crippen LogP contribution in [0, 0.1) is 0 Å². The van der Waals surface area contributed by atoms with E-state index in [1.165, 1.54) is 11.6 Å². The standard InChI is InChI=1S/C28H70N2OP2Si4/c1-25(2,3)32(26(4,5)6,29-34(13,14)15)23-36(19,20)31-37(21,22)24-33(27(7,8)9,28(10,11)12)30-35(16,17)18/h23-24H2,1-22H3. The lowest BCUT2D eigenvalue weighted by atomic mass is 10.2. The van der Waals surface area contributed by atoms with Crippen LogP contribution in [0.4, 0.5) is 0 Å².